The number of nitrogens with one attached hydrogen (secondary N) is 2. The molecule has 13 nitrogen and oxygen atoms in total. The van der Waals surface area contributed by atoms with E-state index < -0.39 is 54.8 Å². The molecule has 164 valence electrons. The van der Waals surface area contributed by atoms with Gasteiger partial charge < -0.3 is 31.1 Å². The predicted molar refractivity (Wildman–Crippen MR) is 105 cm³/mol. The molecule has 0 atom stereocenters. The van der Waals surface area contributed by atoms with E-state index in [0.29, 0.717) is 0 Å². The normalized spacial score (nSPS) is 10.1. The van der Waals surface area contributed by atoms with E-state index in [0.717, 1.165) is 11.0 Å². The van der Waals surface area contributed by atoms with Crippen molar-refractivity contribution in [3.05, 3.63) is 27.8 Å². The number of rotatable bonds is 11. The molecular weight excluding hydrogens is 422 g/mol. The minimum Gasteiger partial charge on any atom is -0.496 e. The maximum atomic E-state index is 12.5. The van der Waals surface area contributed by atoms with Gasteiger partial charge in [0.1, 0.15) is 12.3 Å². The summed E-state index contributed by atoms with van der Waals surface area (Å²) in [5, 5.41) is 24.4. The Morgan fingerprint density at radius 3 is 2.40 bits per heavy atom. The van der Waals surface area contributed by atoms with E-state index in [4.69, 9.17) is 15.6 Å². The molecule has 0 unspecified atom stereocenters. The zero-order valence-electron chi connectivity index (χ0n) is 15.9. The van der Waals surface area contributed by atoms with Crippen molar-refractivity contribution in [1.82, 2.24) is 15.5 Å². The number of benzene rings is 1. The zero-order valence-corrected chi connectivity index (χ0v) is 16.8. The topological polar surface area (TPSA) is 194 Å². The van der Waals surface area contributed by atoms with Crippen LogP contribution in [0.2, 0.25) is 0 Å². The Kier molecular flexibility index (Phi) is 9.51. The summed E-state index contributed by atoms with van der Waals surface area (Å²) in [6, 6.07) is 2.49. The smallest absolute Gasteiger partial charge is 0.322 e. The number of nitrogens with two attached hydrogens (primary N) is 1. The minimum absolute atomic E-state index is 0.00720. The number of aliphatic carboxylic acids is 1. The second kappa shape index (κ2) is 11.6. The summed E-state index contributed by atoms with van der Waals surface area (Å²) < 4.78 is 5.08. The summed E-state index contributed by atoms with van der Waals surface area (Å²) >= 11 is 4.23. The van der Waals surface area contributed by atoms with Gasteiger partial charge in [0, 0.05) is 6.07 Å². The molecule has 0 heterocycles. The van der Waals surface area contributed by atoms with Crippen LogP contribution in [0, 0.1) is 10.1 Å². The standard InChI is InChI=1S/C16H21N5O8S/c1-29-11-3-2-10(21(27)28)9(16(11)30)7-20(8-13(23)19-6-15(25)26)14(24)5-18-12(22)4-17/h2-3,30H,4-8,17H2,1H3,(H,18,22)(H,19,23)(H,25,26). The highest BCUT2D eigenvalue weighted by atomic mass is 32.1. The second-order valence-electron chi connectivity index (χ2n) is 5.77. The van der Waals surface area contributed by atoms with Crippen LogP contribution in [-0.2, 0) is 25.7 Å². The van der Waals surface area contributed by atoms with Gasteiger partial charge in [0.2, 0.25) is 17.7 Å². The van der Waals surface area contributed by atoms with Crippen molar-refractivity contribution < 1.29 is 33.9 Å². The van der Waals surface area contributed by atoms with Gasteiger partial charge in [-0.05, 0) is 6.07 Å². The molecule has 1 aromatic carbocycles. The largest absolute Gasteiger partial charge is 0.496 e. The number of amides is 3. The molecule has 0 aromatic heterocycles. The molecule has 1 aromatic rings. The highest BCUT2D eigenvalue weighted by Crippen LogP contribution is 2.34. The van der Waals surface area contributed by atoms with Gasteiger partial charge in [0.15, 0.2) is 0 Å². The number of ether oxygens (including phenoxy) is 1. The van der Waals surface area contributed by atoms with Gasteiger partial charge in [-0.15, -0.1) is 12.6 Å². The summed E-state index contributed by atoms with van der Waals surface area (Å²) in [6.45, 7) is -2.62. The Balaban J connectivity index is 3.20. The number of carbonyl (C=O) groups is 4. The molecule has 30 heavy (non-hydrogen) atoms. The maximum absolute atomic E-state index is 12.5. The lowest BCUT2D eigenvalue weighted by Gasteiger charge is -2.23. The monoisotopic (exact) mass is 443 g/mol. The van der Waals surface area contributed by atoms with Crippen LogP contribution in [0.5, 0.6) is 5.75 Å². The third-order valence-electron chi connectivity index (χ3n) is 3.73. The molecule has 0 saturated carbocycles. The molecular formula is C16H21N5O8S. The van der Waals surface area contributed by atoms with Crippen molar-refractivity contribution in [1.29, 1.82) is 0 Å². The quantitative estimate of drug-likeness (QED) is 0.154. The van der Waals surface area contributed by atoms with Gasteiger partial charge in [-0.3, -0.25) is 29.3 Å². The molecule has 0 aliphatic heterocycles. The molecule has 3 amide bonds. The van der Waals surface area contributed by atoms with E-state index in [9.17, 15) is 29.3 Å². The van der Waals surface area contributed by atoms with Crippen LogP contribution >= 0.6 is 12.6 Å². The minimum atomic E-state index is -1.29. The Morgan fingerprint density at radius 1 is 1.23 bits per heavy atom. The van der Waals surface area contributed by atoms with Crippen molar-refractivity contribution >= 4 is 42.0 Å². The highest BCUT2D eigenvalue weighted by Gasteiger charge is 2.26. The molecule has 0 spiro atoms. The van der Waals surface area contributed by atoms with Gasteiger partial charge in [0.25, 0.3) is 5.69 Å². The van der Waals surface area contributed by atoms with E-state index in [2.05, 4.69) is 23.3 Å². The number of carbonyl (C=O) groups excluding carboxylic acids is 3. The van der Waals surface area contributed by atoms with Crippen LogP contribution in [0.4, 0.5) is 5.69 Å². The fourth-order valence-corrected chi connectivity index (χ4v) is 2.63. The Morgan fingerprint density at radius 2 is 1.87 bits per heavy atom. The van der Waals surface area contributed by atoms with E-state index in [-0.39, 0.29) is 28.4 Å². The third kappa shape index (κ3) is 7.21. The molecule has 0 fully saturated rings. The Hall–Kier alpha value is -3.39. The second-order valence-corrected chi connectivity index (χ2v) is 6.22. The lowest BCUT2D eigenvalue weighted by atomic mass is 10.1. The van der Waals surface area contributed by atoms with E-state index in [1.54, 1.807) is 0 Å². The van der Waals surface area contributed by atoms with Crippen LogP contribution in [0.25, 0.3) is 0 Å². The molecule has 14 heteroatoms. The maximum Gasteiger partial charge on any atom is 0.322 e. The lowest BCUT2D eigenvalue weighted by Crippen LogP contribution is -2.46. The van der Waals surface area contributed by atoms with Crippen molar-refractivity contribution in [2.45, 2.75) is 11.4 Å². The summed E-state index contributed by atoms with van der Waals surface area (Å²) in [4.78, 5) is 58.2. The summed E-state index contributed by atoms with van der Waals surface area (Å²) in [6.07, 6.45) is 0. The molecule has 5 N–H and O–H groups in total. The molecule has 1 rings (SSSR count). The number of thiol groups is 1. The molecule has 0 aliphatic carbocycles. The van der Waals surface area contributed by atoms with E-state index in [1.807, 2.05) is 0 Å². The van der Waals surface area contributed by atoms with Gasteiger partial charge in [0.05, 0.1) is 48.7 Å². The summed E-state index contributed by atoms with van der Waals surface area (Å²) in [7, 11) is 1.33. The first kappa shape index (κ1) is 24.6. The number of carboxylic acid groups (broad SMARTS) is 1. The predicted octanol–water partition coefficient (Wildman–Crippen LogP) is -1.50. The first-order valence-corrected chi connectivity index (χ1v) is 8.81. The van der Waals surface area contributed by atoms with E-state index >= 15 is 0 Å². The SMILES string of the molecule is COc1ccc([N+](=O)[O-])c(CN(CC(=O)NCC(=O)O)C(=O)CNC(=O)CN)c1S. The van der Waals surface area contributed by atoms with E-state index in [1.165, 1.54) is 13.2 Å². The lowest BCUT2D eigenvalue weighted by molar-refractivity contribution is -0.386. The van der Waals surface area contributed by atoms with Crippen molar-refractivity contribution in [2.24, 2.45) is 5.73 Å². The Bertz CT molecular complexity index is 847. The first-order valence-electron chi connectivity index (χ1n) is 8.36. The molecule has 0 saturated heterocycles. The van der Waals surface area contributed by atoms with Crippen LogP contribution in [0.15, 0.2) is 17.0 Å². The molecule has 0 aliphatic rings. The number of nitro groups is 1. The number of hydrogen-bond acceptors (Lipinski definition) is 9. The van der Waals surface area contributed by atoms with Crippen molar-refractivity contribution in [3.63, 3.8) is 0 Å². The number of hydrogen-bond donors (Lipinski definition) is 5. The number of carboxylic acids is 1. The van der Waals surface area contributed by atoms with Gasteiger partial charge >= 0.3 is 5.97 Å². The zero-order chi connectivity index (χ0) is 22.8. The van der Waals surface area contributed by atoms with Crippen LogP contribution in [0.3, 0.4) is 0 Å². The third-order valence-corrected chi connectivity index (χ3v) is 4.22. The van der Waals surface area contributed by atoms with Crippen molar-refractivity contribution in [3.8, 4) is 5.75 Å². The fraction of sp³-hybridized carbons (Fsp3) is 0.375. The number of nitrogens with zero attached hydrogens (tertiary/aromatic N) is 2. The highest BCUT2D eigenvalue weighted by molar-refractivity contribution is 7.80. The average molecular weight is 443 g/mol. The summed E-state index contributed by atoms with van der Waals surface area (Å²) in [5.41, 5.74) is 4.78. The van der Waals surface area contributed by atoms with Gasteiger partial charge in [-0.2, -0.15) is 0 Å². The number of nitro benzene ring substituents is 1. The van der Waals surface area contributed by atoms with Crippen LogP contribution in [-0.4, -0.2) is 71.9 Å². The average Bonchev–Trinajstić information content (AvgIpc) is 2.70. The first-order chi connectivity index (χ1) is 14.1. The fourth-order valence-electron chi connectivity index (χ4n) is 2.28. The molecule has 0 radical (unpaired) electrons. The summed E-state index contributed by atoms with van der Waals surface area (Å²) in [5.74, 6) is -3.29. The molecule has 0 bridgehead atoms. The van der Waals surface area contributed by atoms with Crippen LogP contribution in [0.1, 0.15) is 5.56 Å². The van der Waals surface area contributed by atoms with Crippen molar-refractivity contribution in [2.75, 3.05) is 33.3 Å². The number of methoxy groups -OCH3 is 1. The van der Waals surface area contributed by atoms with Gasteiger partial charge in [-0.1, -0.05) is 0 Å². The van der Waals surface area contributed by atoms with Crippen LogP contribution < -0.4 is 21.1 Å². The Labute approximate surface area is 176 Å². The van der Waals surface area contributed by atoms with Gasteiger partial charge in [-0.25, -0.2) is 0 Å².